The Morgan fingerprint density at radius 3 is 2.52 bits per heavy atom. The largest absolute Gasteiger partial charge is 0.493 e. The zero-order chi connectivity index (χ0) is 22.5. The van der Waals surface area contributed by atoms with Gasteiger partial charge < -0.3 is 19.7 Å². The molecule has 1 N–H and O–H groups in total. The number of hydrogen-bond donors (Lipinski definition) is 1. The van der Waals surface area contributed by atoms with Gasteiger partial charge in [-0.15, -0.1) is 0 Å². The van der Waals surface area contributed by atoms with E-state index in [1.54, 1.807) is 12.0 Å². The van der Waals surface area contributed by atoms with Crippen LogP contribution in [-0.4, -0.2) is 25.5 Å². The molecular weight excluding hydrogens is 392 g/mol. The number of fused-ring (bicyclic) bond motifs is 1. The summed E-state index contributed by atoms with van der Waals surface area (Å²) >= 11 is 0. The van der Waals surface area contributed by atoms with Crippen LogP contribution in [0.1, 0.15) is 61.4 Å². The SMILES string of the molecule is CCCCCOc1ccc(CN2C(=O)[C@@H](NC(C)=O)c3c(C)ccc(C)c32)cc1OC. The van der Waals surface area contributed by atoms with Gasteiger partial charge in [0.05, 0.1) is 25.9 Å². The summed E-state index contributed by atoms with van der Waals surface area (Å²) in [4.78, 5) is 26.8. The number of nitrogens with one attached hydrogen (secondary N) is 1. The van der Waals surface area contributed by atoms with Gasteiger partial charge in [-0.25, -0.2) is 0 Å². The van der Waals surface area contributed by atoms with Crippen LogP contribution in [0.5, 0.6) is 11.5 Å². The predicted molar refractivity (Wildman–Crippen MR) is 122 cm³/mol. The van der Waals surface area contributed by atoms with E-state index in [1.165, 1.54) is 6.92 Å². The van der Waals surface area contributed by atoms with E-state index in [-0.39, 0.29) is 11.8 Å². The number of hydrogen-bond acceptors (Lipinski definition) is 4. The molecule has 2 amide bonds. The second kappa shape index (κ2) is 9.86. The molecular formula is C25H32N2O4. The van der Waals surface area contributed by atoms with Gasteiger partial charge in [-0.1, -0.05) is 38.0 Å². The summed E-state index contributed by atoms with van der Waals surface area (Å²) in [5.41, 5.74) is 4.68. The maximum absolute atomic E-state index is 13.3. The quantitative estimate of drug-likeness (QED) is 0.597. The van der Waals surface area contributed by atoms with Gasteiger partial charge in [0, 0.05) is 12.5 Å². The van der Waals surface area contributed by atoms with Crippen LogP contribution >= 0.6 is 0 Å². The van der Waals surface area contributed by atoms with Crippen molar-refractivity contribution in [1.29, 1.82) is 0 Å². The molecule has 0 radical (unpaired) electrons. The molecule has 0 spiro atoms. The first-order valence-corrected chi connectivity index (χ1v) is 10.9. The maximum Gasteiger partial charge on any atom is 0.254 e. The molecule has 2 aromatic carbocycles. The Kier molecular flexibility index (Phi) is 7.21. The lowest BCUT2D eigenvalue weighted by atomic mass is 9.99. The van der Waals surface area contributed by atoms with Gasteiger partial charge in [0.25, 0.3) is 5.91 Å². The number of nitrogens with zero attached hydrogens (tertiary/aromatic N) is 1. The Hall–Kier alpha value is -3.02. The van der Waals surface area contributed by atoms with E-state index in [2.05, 4.69) is 12.2 Å². The van der Waals surface area contributed by atoms with Gasteiger partial charge in [0.1, 0.15) is 6.04 Å². The number of amides is 2. The number of rotatable bonds is 9. The third-order valence-corrected chi connectivity index (χ3v) is 5.63. The molecule has 0 bridgehead atoms. The molecule has 6 heteroatoms. The van der Waals surface area contributed by atoms with Crippen LogP contribution < -0.4 is 19.7 Å². The molecule has 3 rings (SSSR count). The number of benzene rings is 2. The number of unbranched alkanes of at least 4 members (excludes halogenated alkanes) is 2. The molecule has 1 aliphatic rings. The van der Waals surface area contributed by atoms with Crippen LogP contribution in [-0.2, 0) is 16.1 Å². The third kappa shape index (κ3) is 4.84. The second-order valence-electron chi connectivity index (χ2n) is 8.06. The van der Waals surface area contributed by atoms with Crippen LogP contribution in [0, 0.1) is 13.8 Å². The lowest BCUT2D eigenvalue weighted by Crippen LogP contribution is -2.36. The van der Waals surface area contributed by atoms with Crippen molar-refractivity contribution in [3.63, 3.8) is 0 Å². The van der Waals surface area contributed by atoms with Crippen molar-refractivity contribution < 1.29 is 19.1 Å². The molecule has 0 saturated heterocycles. The lowest BCUT2D eigenvalue weighted by molar-refractivity contribution is -0.126. The number of methoxy groups -OCH3 is 1. The minimum atomic E-state index is -0.657. The molecule has 1 atom stereocenters. The molecule has 31 heavy (non-hydrogen) atoms. The summed E-state index contributed by atoms with van der Waals surface area (Å²) in [5, 5.41) is 2.82. The van der Waals surface area contributed by atoms with Gasteiger partial charge in [-0.05, 0) is 49.1 Å². The summed E-state index contributed by atoms with van der Waals surface area (Å²) in [7, 11) is 1.62. The Bertz CT molecular complexity index is 970. The Balaban J connectivity index is 1.88. The highest BCUT2D eigenvalue weighted by Crippen LogP contribution is 2.42. The Labute approximate surface area is 184 Å². The normalized spacial score (nSPS) is 15.1. The first-order chi connectivity index (χ1) is 14.9. The number of carbonyl (C=O) groups is 2. The van der Waals surface area contributed by atoms with Gasteiger partial charge >= 0.3 is 0 Å². The zero-order valence-electron chi connectivity index (χ0n) is 19.1. The van der Waals surface area contributed by atoms with Crippen molar-refractivity contribution in [3.8, 4) is 11.5 Å². The number of anilines is 1. The van der Waals surface area contributed by atoms with E-state index in [0.29, 0.717) is 24.7 Å². The Morgan fingerprint density at radius 1 is 1.10 bits per heavy atom. The summed E-state index contributed by atoms with van der Waals surface area (Å²) in [6, 6.07) is 9.12. The van der Waals surface area contributed by atoms with Crippen LogP contribution in [0.15, 0.2) is 30.3 Å². The van der Waals surface area contributed by atoms with Gasteiger partial charge in [-0.3, -0.25) is 9.59 Å². The maximum atomic E-state index is 13.3. The van der Waals surface area contributed by atoms with Gasteiger partial charge in [0.15, 0.2) is 11.5 Å². The molecule has 0 fully saturated rings. The average Bonchev–Trinajstić information content (AvgIpc) is 3.01. The first-order valence-electron chi connectivity index (χ1n) is 10.9. The predicted octanol–water partition coefficient (Wildman–Crippen LogP) is 4.61. The number of aryl methyl sites for hydroxylation is 2. The van der Waals surface area contributed by atoms with Crippen LogP contribution in [0.3, 0.4) is 0 Å². The van der Waals surface area contributed by atoms with E-state index in [1.807, 2.05) is 44.2 Å². The minimum absolute atomic E-state index is 0.124. The van der Waals surface area contributed by atoms with E-state index in [0.717, 1.165) is 47.2 Å². The molecule has 2 aromatic rings. The molecule has 0 saturated carbocycles. The number of carbonyl (C=O) groups excluding carboxylic acids is 2. The molecule has 1 aliphatic heterocycles. The van der Waals surface area contributed by atoms with E-state index in [4.69, 9.17) is 9.47 Å². The average molecular weight is 425 g/mol. The fourth-order valence-electron chi connectivity index (χ4n) is 4.07. The highest BCUT2D eigenvalue weighted by molar-refractivity contribution is 6.07. The van der Waals surface area contributed by atoms with Crippen molar-refractivity contribution in [3.05, 3.63) is 52.6 Å². The summed E-state index contributed by atoms with van der Waals surface area (Å²) in [6.07, 6.45) is 3.28. The van der Waals surface area contributed by atoms with Crippen molar-refractivity contribution in [2.45, 2.75) is 59.5 Å². The smallest absolute Gasteiger partial charge is 0.254 e. The van der Waals surface area contributed by atoms with Crippen LogP contribution in [0.4, 0.5) is 5.69 Å². The highest BCUT2D eigenvalue weighted by Gasteiger charge is 2.40. The van der Waals surface area contributed by atoms with Crippen LogP contribution in [0.2, 0.25) is 0 Å². The fourth-order valence-corrected chi connectivity index (χ4v) is 4.07. The van der Waals surface area contributed by atoms with Crippen LogP contribution in [0.25, 0.3) is 0 Å². The van der Waals surface area contributed by atoms with Crippen molar-refractivity contribution in [2.75, 3.05) is 18.6 Å². The topological polar surface area (TPSA) is 67.9 Å². The van der Waals surface area contributed by atoms with Crippen molar-refractivity contribution >= 4 is 17.5 Å². The molecule has 0 unspecified atom stereocenters. The van der Waals surface area contributed by atoms with E-state index >= 15 is 0 Å². The van der Waals surface area contributed by atoms with Crippen molar-refractivity contribution in [2.24, 2.45) is 0 Å². The van der Waals surface area contributed by atoms with Gasteiger partial charge in [0.2, 0.25) is 5.91 Å². The summed E-state index contributed by atoms with van der Waals surface area (Å²) < 4.78 is 11.4. The van der Waals surface area contributed by atoms with Crippen molar-refractivity contribution in [1.82, 2.24) is 5.32 Å². The first kappa shape index (κ1) is 22.7. The summed E-state index contributed by atoms with van der Waals surface area (Å²) in [5.74, 6) is 1.01. The summed E-state index contributed by atoms with van der Waals surface area (Å²) in [6.45, 7) is 8.59. The number of ether oxygens (including phenoxy) is 2. The Morgan fingerprint density at radius 2 is 1.84 bits per heavy atom. The molecule has 1 heterocycles. The van der Waals surface area contributed by atoms with E-state index < -0.39 is 6.04 Å². The third-order valence-electron chi connectivity index (χ3n) is 5.63. The monoisotopic (exact) mass is 424 g/mol. The molecule has 0 aromatic heterocycles. The molecule has 166 valence electrons. The molecule has 0 aliphatic carbocycles. The van der Waals surface area contributed by atoms with E-state index in [9.17, 15) is 9.59 Å². The van der Waals surface area contributed by atoms with Gasteiger partial charge in [-0.2, -0.15) is 0 Å². The standard InChI is InChI=1S/C25H32N2O4/c1-6-7-8-13-31-20-12-11-19(14-21(20)30-5)15-27-24-17(3)10-9-16(2)22(24)23(25(27)29)26-18(4)28/h9-12,14,23H,6-8,13,15H2,1-5H3,(H,26,28)/t23-/m0/s1. The fraction of sp³-hybridized carbons (Fsp3) is 0.440. The zero-order valence-corrected chi connectivity index (χ0v) is 19.1. The molecule has 6 nitrogen and oxygen atoms in total. The lowest BCUT2D eigenvalue weighted by Gasteiger charge is -2.21. The highest BCUT2D eigenvalue weighted by atomic mass is 16.5. The second-order valence-corrected chi connectivity index (χ2v) is 8.06. The minimum Gasteiger partial charge on any atom is -0.493 e.